The van der Waals surface area contributed by atoms with Gasteiger partial charge >= 0.3 is 0 Å². The molecule has 2 N–H and O–H groups in total. The molecule has 0 bridgehead atoms. The van der Waals surface area contributed by atoms with E-state index in [0.29, 0.717) is 18.8 Å². The van der Waals surface area contributed by atoms with E-state index in [2.05, 4.69) is 9.97 Å². The number of carbonyl (C=O) groups is 1. The van der Waals surface area contributed by atoms with Gasteiger partial charge in [-0.05, 0) is 19.1 Å². The molecule has 1 unspecified atom stereocenters. The van der Waals surface area contributed by atoms with Gasteiger partial charge in [-0.3, -0.25) is 4.79 Å². The van der Waals surface area contributed by atoms with E-state index in [0.717, 1.165) is 16.9 Å². The van der Waals surface area contributed by atoms with Crippen LogP contribution in [-0.4, -0.2) is 50.8 Å². The second-order valence-corrected chi connectivity index (χ2v) is 6.37. The first-order valence-electron chi connectivity index (χ1n) is 6.65. The normalized spacial score (nSPS) is 17.2. The maximum atomic E-state index is 11.8. The average Bonchev–Trinajstić information content (AvgIpc) is 2.84. The van der Waals surface area contributed by atoms with Crippen molar-refractivity contribution in [2.24, 2.45) is 0 Å². The number of hydrogen-bond donors (Lipinski definition) is 2. The van der Waals surface area contributed by atoms with Crippen LogP contribution in [0.3, 0.4) is 0 Å². The zero-order valence-electron chi connectivity index (χ0n) is 11.2. The summed E-state index contributed by atoms with van der Waals surface area (Å²) in [6.07, 6.45) is -0.336. The molecule has 1 atom stereocenters. The molecular weight excluding hydrogens is 274 g/mol. The largest absolute Gasteiger partial charge is 0.389 e. The number of hydrogen-bond acceptors (Lipinski definition) is 4. The molecule has 3 rings (SSSR count). The zero-order chi connectivity index (χ0) is 14.1. The van der Waals surface area contributed by atoms with Crippen molar-refractivity contribution in [3.8, 4) is 0 Å². The molecule has 2 heterocycles. The highest BCUT2D eigenvalue weighted by Crippen LogP contribution is 2.28. The minimum atomic E-state index is -0.336. The molecule has 1 aromatic heterocycles. The standard InChI is InChI=1S/C14H17N3O2S/c1-9(20-8-13(19)17-6-10(18)7-17)14-15-11-4-2-3-5-12(11)16-14/h2-5,9-10,18H,6-8H2,1H3,(H,15,16). The predicted octanol–water partition coefficient (Wildman–Crippen LogP) is 1.56. The lowest BCUT2D eigenvalue weighted by atomic mass is 10.2. The lowest BCUT2D eigenvalue weighted by Crippen LogP contribution is -2.54. The Kier molecular flexibility index (Phi) is 3.67. The number of aromatic nitrogens is 2. The third-order valence-electron chi connectivity index (χ3n) is 3.46. The number of carbonyl (C=O) groups excluding carboxylic acids is 1. The number of imidazole rings is 1. The van der Waals surface area contributed by atoms with Crippen LogP contribution in [0.15, 0.2) is 24.3 Å². The Balaban J connectivity index is 1.58. The van der Waals surface area contributed by atoms with Crippen molar-refractivity contribution in [3.63, 3.8) is 0 Å². The minimum absolute atomic E-state index is 0.0864. The topological polar surface area (TPSA) is 69.2 Å². The van der Waals surface area contributed by atoms with Gasteiger partial charge in [0, 0.05) is 13.1 Å². The van der Waals surface area contributed by atoms with Gasteiger partial charge in [0.2, 0.25) is 5.91 Å². The SMILES string of the molecule is CC(SCC(=O)N1CC(O)C1)c1nc2ccccc2[nH]1. The Labute approximate surface area is 121 Å². The van der Waals surface area contributed by atoms with Crippen molar-refractivity contribution in [2.75, 3.05) is 18.8 Å². The molecule has 1 fully saturated rings. The summed E-state index contributed by atoms with van der Waals surface area (Å²) < 4.78 is 0. The molecule has 1 aliphatic rings. The zero-order valence-corrected chi connectivity index (χ0v) is 12.1. The van der Waals surface area contributed by atoms with Crippen LogP contribution in [0, 0.1) is 0 Å². The van der Waals surface area contributed by atoms with Crippen molar-refractivity contribution in [3.05, 3.63) is 30.1 Å². The number of benzene rings is 1. The molecule has 1 aliphatic heterocycles. The number of rotatable bonds is 4. The summed E-state index contributed by atoms with van der Waals surface area (Å²) in [5, 5.41) is 9.32. The number of fused-ring (bicyclic) bond motifs is 1. The first-order valence-corrected chi connectivity index (χ1v) is 7.70. The van der Waals surface area contributed by atoms with Crippen molar-refractivity contribution < 1.29 is 9.90 Å². The average molecular weight is 291 g/mol. The second-order valence-electron chi connectivity index (χ2n) is 5.04. The van der Waals surface area contributed by atoms with E-state index in [4.69, 9.17) is 0 Å². The van der Waals surface area contributed by atoms with Gasteiger partial charge in [-0.25, -0.2) is 4.98 Å². The summed E-state index contributed by atoms with van der Waals surface area (Å²) in [6, 6.07) is 7.90. The number of likely N-dealkylation sites (tertiary alicyclic amines) is 1. The highest BCUT2D eigenvalue weighted by molar-refractivity contribution is 8.00. The molecule has 5 nitrogen and oxygen atoms in total. The Morgan fingerprint density at radius 1 is 1.55 bits per heavy atom. The Morgan fingerprint density at radius 3 is 3.00 bits per heavy atom. The third-order valence-corrected chi connectivity index (χ3v) is 4.60. The van der Waals surface area contributed by atoms with Crippen LogP contribution in [0.1, 0.15) is 18.0 Å². The first kappa shape index (κ1) is 13.5. The Hall–Kier alpha value is -1.53. The minimum Gasteiger partial charge on any atom is -0.389 e. The molecule has 0 saturated carbocycles. The Morgan fingerprint density at radius 2 is 2.30 bits per heavy atom. The molecule has 0 aliphatic carbocycles. The van der Waals surface area contributed by atoms with E-state index >= 15 is 0 Å². The van der Waals surface area contributed by atoms with Crippen molar-refractivity contribution in [2.45, 2.75) is 18.3 Å². The van der Waals surface area contributed by atoms with E-state index in [1.54, 1.807) is 16.7 Å². The van der Waals surface area contributed by atoms with Crippen LogP contribution in [0.5, 0.6) is 0 Å². The van der Waals surface area contributed by atoms with Gasteiger partial charge in [0.1, 0.15) is 5.82 Å². The van der Waals surface area contributed by atoms with Crippen LogP contribution >= 0.6 is 11.8 Å². The highest BCUT2D eigenvalue weighted by Gasteiger charge is 2.28. The molecule has 1 amide bonds. The summed E-state index contributed by atoms with van der Waals surface area (Å²) in [7, 11) is 0. The number of nitrogens with zero attached hydrogens (tertiary/aromatic N) is 2. The van der Waals surface area contributed by atoms with Crippen LogP contribution in [0.2, 0.25) is 0 Å². The lowest BCUT2D eigenvalue weighted by molar-refractivity contribution is -0.138. The number of para-hydroxylation sites is 2. The molecule has 20 heavy (non-hydrogen) atoms. The fourth-order valence-electron chi connectivity index (χ4n) is 2.19. The maximum absolute atomic E-state index is 11.8. The number of H-pyrrole nitrogens is 1. The van der Waals surface area contributed by atoms with Crippen molar-refractivity contribution in [1.82, 2.24) is 14.9 Å². The van der Waals surface area contributed by atoms with E-state index in [-0.39, 0.29) is 17.3 Å². The van der Waals surface area contributed by atoms with Crippen molar-refractivity contribution in [1.29, 1.82) is 0 Å². The van der Waals surface area contributed by atoms with E-state index in [9.17, 15) is 9.90 Å². The monoisotopic (exact) mass is 291 g/mol. The molecule has 0 spiro atoms. The molecule has 6 heteroatoms. The van der Waals surface area contributed by atoms with Crippen LogP contribution in [0.4, 0.5) is 0 Å². The number of aliphatic hydroxyl groups is 1. The predicted molar refractivity (Wildman–Crippen MR) is 79.6 cm³/mol. The maximum Gasteiger partial charge on any atom is 0.232 e. The molecule has 0 radical (unpaired) electrons. The fourth-order valence-corrected chi connectivity index (χ4v) is 3.04. The summed E-state index contributed by atoms with van der Waals surface area (Å²) in [5.74, 6) is 1.40. The third kappa shape index (κ3) is 2.66. The number of thioether (sulfide) groups is 1. The lowest BCUT2D eigenvalue weighted by Gasteiger charge is -2.35. The van der Waals surface area contributed by atoms with Gasteiger partial charge in [0.25, 0.3) is 0 Å². The van der Waals surface area contributed by atoms with E-state index < -0.39 is 0 Å². The number of amides is 1. The quantitative estimate of drug-likeness (QED) is 0.897. The molecule has 1 saturated heterocycles. The van der Waals surface area contributed by atoms with E-state index in [1.807, 2.05) is 31.2 Å². The first-order chi connectivity index (χ1) is 9.63. The number of aliphatic hydroxyl groups excluding tert-OH is 1. The summed E-state index contributed by atoms with van der Waals surface area (Å²) in [5.41, 5.74) is 1.97. The van der Waals surface area contributed by atoms with Gasteiger partial charge in [-0.2, -0.15) is 0 Å². The smallest absolute Gasteiger partial charge is 0.232 e. The molecule has 1 aromatic carbocycles. The van der Waals surface area contributed by atoms with Crippen LogP contribution in [-0.2, 0) is 4.79 Å². The number of nitrogens with one attached hydrogen (secondary N) is 1. The Bertz CT molecular complexity index is 589. The number of aromatic amines is 1. The van der Waals surface area contributed by atoms with Gasteiger partial charge in [0.15, 0.2) is 0 Å². The van der Waals surface area contributed by atoms with E-state index in [1.165, 1.54) is 0 Å². The molecule has 106 valence electrons. The fraction of sp³-hybridized carbons (Fsp3) is 0.429. The van der Waals surface area contributed by atoms with Gasteiger partial charge in [-0.15, -0.1) is 11.8 Å². The van der Waals surface area contributed by atoms with Crippen LogP contribution < -0.4 is 0 Å². The highest BCUT2D eigenvalue weighted by atomic mass is 32.2. The summed E-state index contributed by atoms with van der Waals surface area (Å²) in [4.78, 5) is 21.4. The number of β-amino-alcohol motifs (C(OH)–C–C–N with tert-alkyl or cyclic N) is 1. The van der Waals surface area contributed by atoms with Gasteiger partial charge in [-0.1, -0.05) is 12.1 Å². The molecule has 2 aromatic rings. The summed E-state index contributed by atoms with van der Waals surface area (Å²) >= 11 is 1.57. The van der Waals surface area contributed by atoms with Gasteiger partial charge in [0.05, 0.1) is 28.1 Å². The second kappa shape index (κ2) is 5.46. The summed E-state index contributed by atoms with van der Waals surface area (Å²) in [6.45, 7) is 2.98. The van der Waals surface area contributed by atoms with Crippen molar-refractivity contribution >= 4 is 28.7 Å². The van der Waals surface area contributed by atoms with Crippen LogP contribution in [0.25, 0.3) is 11.0 Å². The molecular formula is C14H17N3O2S. The van der Waals surface area contributed by atoms with Gasteiger partial charge < -0.3 is 15.0 Å².